The maximum absolute atomic E-state index is 11.4. The fourth-order valence-electron chi connectivity index (χ4n) is 3.42. The number of nitrogens with zero attached hydrogens (tertiary/aromatic N) is 2. The molecule has 0 spiro atoms. The second-order valence-corrected chi connectivity index (χ2v) is 8.21. The Hall–Kier alpha value is -3.45. The number of rotatable bonds is 8. The molecule has 0 unspecified atom stereocenters. The first-order valence-electron chi connectivity index (χ1n) is 10.1. The number of anilines is 1. The lowest BCUT2D eigenvalue weighted by Gasteiger charge is -2.15. The van der Waals surface area contributed by atoms with E-state index in [1.165, 1.54) is 6.33 Å². The molecular weight excluding hydrogens is 410 g/mol. The monoisotopic (exact) mass is 433 g/mol. The zero-order chi connectivity index (χ0) is 21.8. The molecule has 0 aliphatic heterocycles. The Kier molecular flexibility index (Phi) is 6.13. The van der Waals surface area contributed by atoms with Crippen LogP contribution in [0.5, 0.6) is 5.75 Å². The Labute approximate surface area is 184 Å². The molecule has 2 heterocycles. The summed E-state index contributed by atoms with van der Waals surface area (Å²) >= 11 is 1.60. The summed E-state index contributed by atoms with van der Waals surface area (Å²) in [6.07, 6.45) is 2.29. The number of para-hydroxylation sites is 1. The lowest BCUT2D eigenvalue weighted by atomic mass is 10.0. The smallest absolute Gasteiger partial charge is 0.325 e. The molecule has 0 radical (unpaired) electrons. The number of fused-ring (bicyclic) bond motifs is 1. The summed E-state index contributed by atoms with van der Waals surface area (Å²) in [7, 11) is 0. The van der Waals surface area contributed by atoms with Gasteiger partial charge in [0.2, 0.25) is 0 Å². The number of benzene rings is 2. The normalized spacial score (nSPS) is 11.9. The summed E-state index contributed by atoms with van der Waals surface area (Å²) in [6, 6.07) is 17.2. The molecule has 0 fully saturated rings. The van der Waals surface area contributed by atoms with Crippen LogP contribution in [-0.2, 0) is 17.8 Å². The van der Waals surface area contributed by atoms with Crippen LogP contribution in [0, 0.1) is 0 Å². The number of aliphatic carboxylic acids is 1. The van der Waals surface area contributed by atoms with Crippen LogP contribution in [0.4, 0.5) is 5.82 Å². The van der Waals surface area contributed by atoms with Crippen LogP contribution in [0.15, 0.2) is 60.9 Å². The summed E-state index contributed by atoms with van der Waals surface area (Å²) in [4.78, 5) is 22.2. The van der Waals surface area contributed by atoms with Crippen molar-refractivity contribution in [3.05, 3.63) is 71.4 Å². The zero-order valence-electron chi connectivity index (χ0n) is 17.3. The quantitative estimate of drug-likeness (QED) is 0.388. The summed E-state index contributed by atoms with van der Waals surface area (Å²) in [5, 5.41) is 13.2. The van der Waals surface area contributed by atoms with Crippen molar-refractivity contribution in [3.8, 4) is 16.9 Å². The summed E-state index contributed by atoms with van der Waals surface area (Å²) < 4.78 is 6.20. The Bertz CT molecular complexity index is 1210. The van der Waals surface area contributed by atoms with Crippen molar-refractivity contribution in [1.82, 2.24) is 9.97 Å². The molecule has 4 aromatic rings. The van der Waals surface area contributed by atoms with E-state index < -0.39 is 12.0 Å². The van der Waals surface area contributed by atoms with Crippen molar-refractivity contribution in [3.63, 3.8) is 0 Å². The fraction of sp³-hybridized carbons (Fsp3) is 0.208. The molecule has 6 nitrogen and oxygen atoms in total. The number of aromatic nitrogens is 2. The lowest BCUT2D eigenvalue weighted by molar-refractivity contribution is -0.137. The molecule has 2 N–H and O–H groups in total. The second-order valence-electron chi connectivity index (χ2n) is 7.13. The topological polar surface area (TPSA) is 84.3 Å². The van der Waals surface area contributed by atoms with Gasteiger partial charge in [-0.05, 0) is 25.0 Å². The third kappa shape index (κ3) is 4.36. The van der Waals surface area contributed by atoms with Gasteiger partial charge in [-0.25, -0.2) is 9.97 Å². The molecule has 0 saturated heterocycles. The molecule has 0 saturated carbocycles. The van der Waals surface area contributed by atoms with Crippen molar-refractivity contribution < 1.29 is 14.6 Å². The number of carbonyl (C=O) groups is 1. The van der Waals surface area contributed by atoms with E-state index in [4.69, 9.17) is 4.74 Å². The van der Waals surface area contributed by atoms with E-state index in [0.717, 1.165) is 44.0 Å². The number of hydrogen-bond acceptors (Lipinski definition) is 6. The first-order valence-corrected chi connectivity index (χ1v) is 10.9. The number of nitrogens with one attached hydrogen (secondary N) is 1. The lowest BCUT2D eigenvalue weighted by Crippen LogP contribution is -2.26. The molecule has 0 amide bonds. The van der Waals surface area contributed by atoms with Crippen molar-refractivity contribution in [2.45, 2.75) is 32.9 Å². The van der Waals surface area contributed by atoms with E-state index in [-0.39, 0.29) is 0 Å². The second kappa shape index (κ2) is 9.14. The predicted octanol–water partition coefficient (Wildman–Crippen LogP) is 5.38. The Morgan fingerprint density at radius 1 is 1.13 bits per heavy atom. The summed E-state index contributed by atoms with van der Waals surface area (Å²) in [5.41, 5.74) is 3.03. The van der Waals surface area contributed by atoms with Gasteiger partial charge >= 0.3 is 5.97 Å². The van der Waals surface area contributed by atoms with Crippen LogP contribution >= 0.6 is 11.3 Å². The molecule has 158 valence electrons. The number of carboxylic acids is 1. The van der Waals surface area contributed by atoms with E-state index in [1.807, 2.05) is 54.6 Å². The molecule has 0 bridgehead atoms. The van der Waals surface area contributed by atoms with Crippen LogP contribution in [-0.4, -0.2) is 27.1 Å². The first kappa shape index (κ1) is 20.8. The third-order valence-electron chi connectivity index (χ3n) is 5.00. The van der Waals surface area contributed by atoms with Gasteiger partial charge in [0.15, 0.2) is 0 Å². The van der Waals surface area contributed by atoms with E-state index in [0.29, 0.717) is 12.4 Å². The molecular formula is C24H23N3O3S. The number of hydrogen-bond donors (Lipinski definition) is 2. The molecule has 1 atom stereocenters. The van der Waals surface area contributed by atoms with E-state index >= 15 is 0 Å². The molecule has 2 aromatic heterocycles. The highest BCUT2D eigenvalue weighted by Gasteiger charge is 2.22. The zero-order valence-corrected chi connectivity index (χ0v) is 18.1. The van der Waals surface area contributed by atoms with Crippen LogP contribution in [0.2, 0.25) is 0 Å². The van der Waals surface area contributed by atoms with E-state index in [9.17, 15) is 9.90 Å². The van der Waals surface area contributed by atoms with Gasteiger partial charge in [-0.15, -0.1) is 11.3 Å². The van der Waals surface area contributed by atoms with Gasteiger partial charge in [0.25, 0.3) is 0 Å². The van der Waals surface area contributed by atoms with Crippen molar-refractivity contribution >= 4 is 33.3 Å². The largest absolute Gasteiger partial charge is 0.488 e. The highest BCUT2D eigenvalue weighted by Crippen LogP contribution is 2.44. The van der Waals surface area contributed by atoms with Crippen LogP contribution in [0.1, 0.15) is 24.3 Å². The van der Waals surface area contributed by atoms with Crippen molar-refractivity contribution in [2.75, 3.05) is 5.32 Å². The van der Waals surface area contributed by atoms with Crippen LogP contribution in [0.25, 0.3) is 21.3 Å². The van der Waals surface area contributed by atoms with Gasteiger partial charge in [-0.3, -0.25) is 4.79 Å². The highest BCUT2D eigenvalue weighted by atomic mass is 32.1. The molecule has 0 aliphatic rings. The number of ether oxygens (including phenoxy) is 1. The van der Waals surface area contributed by atoms with Gasteiger partial charge in [0, 0.05) is 16.0 Å². The van der Waals surface area contributed by atoms with Crippen molar-refractivity contribution in [2.24, 2.45) is 0 Å². The van der Waals surface area contributed by atoms with Crippen LogP contribution < -0.4 is 10.1 Å². The molecule has 2 aromatic carbocycles. The minimum Gasteiger partial charge on any atom is -0.488 e. The van der Waals surface area contributed by atoms with Gasteiger partial charge < -0.3 is 15.2 Å². The molecule has 31 heavy (non-hydrogen) atoms. The van der Waals surface area contributed by atoms with Gasteiger partial charge in [0.1, 0.15) is 35.4 Å². The SMILES string of the molecule is CCc1sc2ncnc(N[C@H](C)C(=O)O)c2c1-c1ccccc1OCc1ccccc1. The maximum Gasteiger partial charge on any atom is 0.325 e. The third-order valence-corrected chi connectivity index (χ3v) is 6.24. The number of thiophene rings is 1. The Morgan fingerprint density at radius 3 is 2.61 bits per heavy atom. The molecule has 4 rings (SSSR count). The van der Waals surface area contributed by atoms with Crippen molar-refractivity contribution in [1.29, 1.82) is 0 Å². The maximum atomic E-state index is 11.4. The van der Waals surface area contributed by atoms with Crippen LogP contribution in [0.3, 0.4) is 0 Å². The average Bonchev–Trinajstić information content (AvgIpc) is 3.18. The van der Waals surface area contributed by atoms with Gasteiger partial charge in [-0.2, -0.15) is 0 Å². The highest BCUT2D eigenvalue weighted by molar-refractivity contribution is 7.19. The summed E-state index contributed by atoms with van der Waals surface area (Å²) in [6.45, 7) is 4.15. The summed E-state index contributed by atoms with van der Waals surface area (Å²) in [5.74, 6) is 0.344. The number of aryl methyl sites for hydroxylation is 1. The standard InChI is InChI=1S/C24H23N3O3S/c1-3-19-20(21-22(27-15(2)24(28)29)25-14-26-23(21)31-19)17-11-7-8-12-18(17)30-13-16-9-5-4-6-10-16/h4-12,14-15H,3,13H2,1-2H3,(H,28,29)(H,25,26,27)/t15-/m1/s1. The number of carboxylic acid groups (broad SMARTS) is 1. The van der Waals surface area contributed by atoms with E-state index in [1.54, 1.807) is 18.3 Å². The first-order chi connectivity index (χ1) is 15.1. The fourth-order valence-corrected chi connectivity index (χ4v) is 4.52. The van der Waals surface area contributed by atoms with Gasteiger partial charge in [-0.1, -0.05) is 55.5 Å². The Balaban J connectivity index is 1.81. The minimum absolute atomic E-state index is 0.457. The Morgan fingerprint density at radius 2 is 1.87 bits per heavy atom. The van der Waals surface area contributed by atoms with Gasteiger partial charge in [0.05, 0.1) is 5.39 Å². The molecule has 7 heteroatoms. The average molecular weight is 434 g/mol. The van der Waals surface area contributed by atoms with E-state index in [2.05, 4.69) is 22.2 Å². The predicted molar refractivity (Wildman–Crippen MR) is 124 cm³/mol. The molecule has 0 aliphatic carbocycles. The minimum atomic E-state index is -0.939.